The van der Waals surface area contributed by atoms with Gasteiger partial charge in [0.15, 0.2) is 0 Å². The number of nitrogens with zero attached hydrogens (tertiary/aromatic N) is 2. The monoisotopic (exact) mass is 236 g/mol. The number of halogens is 1. The molecule has 1 aromatic carbocycles. The van der Waals surface area contributed by atoms with Crippen molar-refractivity contribution in [1.29, 1.82) is 0 Å². The summed E-state index contributed by atoms with van der Waals surface area (Å²) in [5, 5.41) is 0.127. The fourth-order valence-electron chi connectivity index (χ4n) is 1.41. The molecule has 2 aromatic rings. The van der Waals surface area contributed by atoms with Gasteiger partial charge in [0, 0.05) is 13.1 Å². The molecule has 0 saturated heterocycles. The lowest BCUT2D eigenvalue weighted by atomic mass is 10.3. The van der Waals surface area contributed by atoms with Gasteiger partial charge in [0.2, 0.25) is 0 Å². The second kappa shape index (κ2) is 3.98. The first-order valence-electron chi connectivity index (χ1n) is 4.65. The molecule has 0 radical (unpaired) electrons. The first kappa shape index (κ1) is 10.7. The van der Waals surface area contributed by atoms with Crippen LogP contribution in [-0.2, 0) is 7.05 Å². The molecule has 0 aliphatic carbocycles. The van der Waals surface area contributed by atoms with Crippen molar-refractivity contribution in [3.05, 3.63) is 62.4 Å². The Kier molecular flexibility index (Phi) is 2.66. The molecule has 4 nitrogen and oxygen atoms in total. The van der Waals surface area contributed by atoms with Crippen molar-refractivity contribution in [3.63, 3.8) is 0 Å². The zero-order chi connectivity index (χ0) is 11.7. The summed E-state index contributed by atoms with van der Waals surface area (Å²) in [7, 11) is 1.52. The topological polar surface area (TPSA) is 44.0 Å². The average Bonchev–Trinajstić information content (AvgIpc) is 2.28. The fourth-order valence-corrected chi connectivity index (χ4v) is 1.58. The van der Waals surface area contributed by atoms with Gasteiger partial charge in [-0.25, -0.2) is 9.36 Å². The van der Waals surface area contributed by atoms with E-state index in [1.165, 1.54) is 17.7 Å². The Bertz CT molecular complexity index is 629. The summed E-state index contributed by atoms with van der Waals surface area (Å²) < 4.78 is 2.29. The summed E-state index contributed by atoms with van der Waals surface area (Å²) >= 11 is 5.73. The van der Waals surface area contributed by atoms with E-state index in [1.807, 2.05) is 6.07 Å². The molecule has 2 rings (SSSR count). The molecule has 1 heterocycles. The van der Waals surface area contributed by atoms with Gasteiger partial charge >= 0.3 is 5.69 Å². The predicted octanol–water partition coefficient (Wildman–Crippen LogP) is 1.19. The minimum atomic E-state index is -0.455. The molecule has 16 heavy (non-hydrogen) atoms. The van der Waals surface area contributed by atoms with Crippen LogP contribution in [0.15, 0.2) is 46.0 Å². The lowest BCUT2D eigenvalue weighted by molar-refractivity contribution is 0.739. The van der Waals surface area contributed by atoms with Crippen LogP contribution in [0.1, 0.15) is 0 Å². The Morgan fingerprint density at radius 2 is 1.75 bits per heavy atom. The van der Waals surface area contributed by atoms with Crippen LogP contribution in [0.5, 0.6) is 0 Å². The number of benzene rings is 1. The highest BCUT2D eigenvalue weighted by atomic mass is 35.5. The van der Waals surface area contributed by atoms with Crippen molar-refractivity contribution in [2.24, 2.45) is 7.05 Å². The Balaban J connectivity index is 2.82. The van der Waals surface area contributed by atoms with Crippen molar-refractivity contribution >= 4 is 11.6 Å². The minimum Gasteiger partial charge on any atom is -0.287 e. The minimum absolute atomic E-state index is 0.127. The lowest BCUT2D eigenvalue weighted by Crippen LogP contribution is -2.37. The summed E-state index contributed by atoms with van der Waals surface area (Å²) in [6, 6.07) is 9.93. The number of hydrogen-bond acceptors (Lipinski definition) is 2. The van der Waals surface area contributed by atoms with Crippen molar-refractivity contribution in [2.45, 2.75) is 0 Å². The van der Waals surface area contributed by atoms with E-state index in [4.69, 9.17) is 11.6 Å². The van der Waals surface area contributed by atoms with Crippen LogP contribution in [0.2, 0.25) is 5.15 Å². The fraction of sp³-hybridized carbons (Fsp3) is 0.0909. The van der Waals surface area contributed by atoms with Gasteiger partial charge in [0.25, 0.3) is 5.56 Å². The molecule has 0 bridgehead atoms. The smallest absolute Gasteiger partial charge is 0.287 e. The molecule has 0 spiro atoms. The Labute approximate surface area is 96.3 Å². The van der Waals surface area contributed by atoms with E-state index in [2.05, 4.69) is 0 Å². The SMILES string of the molecule is Cn1c(Cl)cc(=O)n(-c2ccccc2)c1=O. The molecule has 1 aromatic heterocycles. The van der Waals surface area contributed by atoms with Crippen LogP contribution in [0.3, 0.4) is 0 Å². The number of para-hydroxylation sites is 1. The van der Waals surface area contributed by atoms with E-state index < -0.39 is 11.2 Å². The van der Waals surface area contributed by atoms with Gasteiger partial charge in [-0.05, 0) is 12.1 Å². The summed E-state index contributed by atoms with van der Waals surface area (Å²) in [4.78, 5) is 23.5. The lowest BCUT2D eigenvalue weighted by Gasteiger charge is -2.07. The van der Waals surface area contributed by atoms with Crippen LogP contribution in [0.25, 0.3) is 5.69 Å². The first-order chi connectivity index (χ1) is 7.61. The van der Waals surface area contributed by atoms with E-state index in [0.29, 0.717) is 5.69 Å². The summed E-state index contributed by atoms with van der Waals surface area (Å²) in [5.74, 6) is 0. The summed E-state index contributed by atoms with van der Waals surface area (Å²) in [6.07, 6.45) is 0. The molecule has 0 unspecified atom stereocenters. The van der Waals surface area contributed by atoms with E-state index in [9.17, 15) is 9.59 Å². The maximum atomic E-state index is 11.9. The quantitative estimate of drug-likeness (QED) is 0.698. The van der Waals surface area contributed by atoms with Crippen molar-refractivity contribution in [3.8, 4) is 5.69 Å². The van der Waals surface area contributed by atoms with Crippen molar-refractivity contribution in [2.75, 3.05) is 0 Å². The molecular formula is C11H9ClN2O2. The highest BCUT2D eigenvalue weighted by Crippen LogP contribution is 2.03. The Hall–Kier alpha value is -1.81. The summed E-state index contributed by atoms with van der Waals surface area (Å²) in [6.45, 7) is 0. The molecule has 0 amide bonds. The van der Waals surface area contributed by atoms with Gasteiger partial charge in [0.1, 0.15) is 5.15 Å². The van der Waals surface area contributed by atoms with Crippen LogP contribution in [0, 0.1) is 0 Å². The zero-order valence-electron chi connectivity index (χ0n) is 8.55. The highest BCUT2D eigenvalue weighted by molar-refractivity contribution is 6.29. The van der Waals surface area contributed by atoms with Gasteiger partial charge in [-0.2, -0.15) is 0 Å². The van der Waals surface area contributed by atoms with Gasteiger partial charge in [-0.1, -0.05) is 29.8 Å². The van der Waals surface area contributed by atoms with E-state index in [1.54, 1.807) is 24.3 Å². The van der Waals surface area contributed by atoms with E-state index in [-0.39, 0.29) is 5.15 Å². The molecule has 0 aliphatic heterocycles. The van der Waals surface area contributed by atoms with Gasteiger partial charge in [0.05, 0.1) is 5.69 Å². The molecule has 5 heteroatoms. The maximum Gasteiger partial charge on any atom is 0.336 e. The normalized spacial score (nSPS) is 10.4. The van der Waals surface area contributed by atoms with Crippen LogP contribution in [-0.4, -0.2) is 9.13 Å². The molecule has 0 fully saturated rings. The van der Waals surface area contributed by atoms with Gasteiger partial charge in [-0.15, -0.1) is 0 Å². The number of rotatable bonds is 1. The van der Waals surface area contributed by atoms with Crippen LogP contribution < -0.4 is 11.2 Å². The second-order valence-electron chi connectivity index (χ2n) is 3.32. The third-order valence-corrected chi connectivity index (χ3v) is 2.64. The van der Waals surface area contributed by atoms with Crippen LogP contribution in [0.4, 0.5) is 0 Å². The van der Waals surface area contributed by atoms with E-state index >= 15 is 0 Å². The largest absolute Gasteiger partial charge is 0.336 e. The van der Waals surface area contributed by atoms with E-state index in [0.717, 1.165) is 4.57 Å². The van der Waals surface area contributed by atoms with Crippen LogP contribution >= 0.6 is 11.6 Å². The average molecular weight is 237 g/mol. The number of aromatic nitrogens is 2. The molecule has 0 atom stereocenters. The Morgan fingerprint density at radius 3 is 2.38 bits per heavy atom. The molecule has 0 saturated carbocycles. The maximum absolute atomic E-state index is 11.9. The highest BCUT2D eigenvalue weighted by Gasteiger charge is 2.08. The predicted molar refractivity (Wildman–Crippen MR) is 62.3 cm³/mol. The first-order valence-corrected chi connectivity index (χ1v) is 5.03. The Morgan fingerprint density at radius 1 is 1.12 bits per heavy atom. The summed E-state index contributed by atoms with van der Waals surface area (Å²) in [5.41, 5.74) is -0.354. The van der Waals surface area contributed by atoms with Crippen molar-refractivity contribution in [1.82, 2.24) is 9.13 Å². The third kappa shape index (κ3) is 1.67. The zero-order valence-corrected chi connectivity index (χ0v) is 9.31. The number of hydrogen-bond donors (Lipinski definition) is 0. The third-order valence-electron chi connectivity index (χ3n) is 2.28. The standard InChI is InChI=1S/C11H9ClN2O2/c1-13-9(12)7-10(15)14(11(13)16)8-5-3-2-4-6-8/h2-7H,1H3. The molecule has 0 aliphatic rings. The van der Waals surface area contributed by atoms with Gasteiger partial charge in [-0.3, -0.25) is 9.36 Å². The second-order valence-corrected chi connectivity index (χ2v) is 3.71. The molecular weight excluding hydrogens is 228 g/mol. The van der Waals surface area contributed by atoms with Gasteiger partial charge < -0.3 is 0 Å². The molecule has 0 N–H and O–H groups in total. The van der Waals surface area contributed by atoms with Crippen molar-refractivity contribution < 1.29 is 0 Å². The molecule has 82 valence electrons.